The van der Waals surface area contributed by atoms with Gasteiger partial charge in [-0.05, 0) is 50.1 Å². The number of fused-ring (bicyclic) bond motifs is 1. The van der Waals surface area contributed by atoms with Crippen molar-refractivity contribution in [2.75, 3.05) is 11.1 Å². The maximum atomic E-state index is 11.3. The molecule has 0 unspecified atom stereocenters. The number of hydrogen-bond acceptors (Lipinski definition) is 6. The van der Waals surface area contributed by atoms with Gasteiger partial charge in [0.25, 0.3) is 0 Å². The smallest absolute Gasteiger partial charge is 0.211 e. The number of nitrogens with two attached hydrogens (primary N) is 1. The molecule has 1 aliphatic carbocycles. The highest BCUT2D eigenvalue weighted by atomic mass is 16.5. The molecule has 5 rings (SSSR count). The zero-order valence-electron chi connectivity index (χ0n) is 17.5. The van der Waals surface area contributed by atoms with Gasteiger partial charge < -0.3 is 20.9 Å². The molecule has 0 radical (unpaired) electrons. The average Bonchev–Trinajstić information content (AvgIpc) is 3.15. The fourth-order valence-electron chi connectivity index (χ4n) is 4.32. The average molecular weight is 429 g/mol. The highest BCUT2D eigenvalue weighted by molar-refractivity contribution is 5.88. The molecule has 32 heavy (non-hydrogen) atoms. The van der Waals surface area contributed by atoms with Crippen LogP contribution in [0.5, 0.6) is 11.5 Å². The van der Waals surface area contributed by atoms with Crippen LogP contribution in [0.25, 0.3) is 16.8 Å². The maximum Gasteiger partial charge on any atom is 0.211 e. The summed E-state index contributed by atoms with van der Waals surface area (Å²) in [6.07, 6.45) is 5.36. The van der Waals surface area contributed by atoms with Crippen LogP contribution in [0.3, 0.4) is 0 Å². The summed E-state index contributed by atoms with van der Waals surface area (Å²) in [4.78, 5) is 20.4. The molecule has 0 aliphatic heterocycles. The van der Waals surface area contributed by atoms with Crippen molar-refractivity contribution in [3.8, 4) is 22.8 Å². The Balaban J connectivity index is 1.59. The highest BCUT2D eigenvalue weighted by Crippen LogP contribution is 2.45. The second-order valence-corrected chi connectivity index (χ2v) is 8.34. The van der Waals surface area contributed by atoms with Gasteiger partial charge in [-0.15, -0.1) is 0 Å². The number of aliphatic hydroxyl groups is 1. The third kappa shape index (κ3) is 3.54. The predicted octanol–water partition coefficient (Wildman–Crippen LogP) is 3.97. The Kier molecular flexibility index (Phi) is 4.79. The molecule has 4 aromatic rings. The molecule has 0 atom stereocenters. The molecule has 0 spiro atoms. The van der Waals surface area contributed by atoms with E-state index in [0.29, 0.717) is 53.5 Å². The number of nitrogen functional groups attached to an aromatic ring is 1. The molecule has 1 saturated carbocycles. The van der Waals surface area contributed by atoms with Crippen LogP contribution in [-0.4, -0.2) is 31.5 Å². The molecule has 4 N–H and O–H groups in total. The van der Waals surface area contributed by atoms with Crippen molar-refractivity contribution in [1.82, 2.24) is 14.4 Å². The molecule has 162 valence electrons. The van der Waals surface area contributed by atoms with Gasteiger partial charge in [0.2, 0.25) is 6.41 Å². The number of rotatable bonds is 6. The summed E-state index contributed by atoms with van der Waals surface area (Å²) in [7, 11) is 0. The minimum Gasteiger partial charge on any atom is -0.455 e. The molecule has 2 aromatic heterocycles. The van der Waals surface area contributed by atoms with Crippen LogP contribution in [0.1, 0.15) is 31.5 Å². The number of nitrogens with zero attached hydrogens (tertiary/aromatic N) is 3. The van der Waals surface area contributed by atoms with Gasteiger partial charge in [-0.3, -0.25) is 9.20 Å². The molecule has 2 heterocycles. The summed E-state index contributed by atoms with van der Waals surface area (Å²) < 4.78 is 7.89. The number of amides is 1. The Morgan fingerprint density at radius 2 is 2.03 bits per heavy atom. The van der Waals surface area contributed by atoms with E-state index >= 15 is 0 Å². The first kappa shape index (κ1) is 20.0. The lowest BCUT2D eigenvalue weighted by molar-refractivity contribution is -0.105. The number of ether oxygens (including phenoxy) is 1. The van der Waals surface area contributed by atoms with Gasteiger partial charge in [-0.1, -0.05) is 18.2 Å². The molecule has 0 saturated heterocycles. The summed E-state index contributed by atoms with van der Waals surface area (Å²) in [5.74, 6) is 2.50. The number of aromatic nitrogens is 3. The van der Waals surface area contributed by atoms with Crippen molar-refractivity contribution < 1.29 is 14.6 Å². The quantitative estimate of drug-likeness (QED) is 0.400. The lowest BCUT2D eigenvalue weighted by Crippen LogP contribution is -2.40. The molecular formula is C24H23N5O3. The van der Waals surface area contributed by atoms with Gasteiger partial charge in [0.15, 0.2) is 5.75 Å². The molecule has 1 aliphatic rings. The van der Waals surface area contributed by atoms with E-state index in [1.807, 2.05) is 60.0 Å². The Morgan fingerprint density at radius 1 is 1.25 bits per heavy atom. The maximum absolute atomic E-state index is 11.3. The van der Waals surface area contributed by atoms with E-state index in [-0.39, 0.29) is 5.92 Å². The van der Waals surface area contributed by atoms with Crippen molar-refractivity contribution in [2.24, 2.45) is 0 Å². The van der Waals surface area contributed by atoms with Crippen LogP contribution < -0.4 is 15.8 Å². The van der Waals surface area contributed by atoms with Crippen molar-refractivity contribution in [2.45, 2.75) is 31.3 Å². The molecular weight excluding hydrogens is 406 g/mol. The molecule has 1 fully saturated rings. The first-order chi connectivity index (χ1) is 15.4. The van der Waals surface area contributed by atoms with Gasteiger partial charge in [0.05, 0.1) is 11.3 Å². The fourth-order valence-corrected chi connectivity index (χ4v) is 4.32. The second kappa shape index (κ2) is 7.65. The van der Waals surface area contributed by atoms with Gasteiger partial charge in [0.1, 0.15) is 28.6 Å². The van der Waals surface area contributed by atoms with Crippen molar-refractivity contribution in [3.05, 3.63) is 66.7 Å². The molecule has 1 amide bonds. The first-order valence-corrected chi connectivity index (χ1v) is 10.4. The van der Waals surface area contributed by atoms with E-state index in [2.05, 4.69) is 10.3 Å². The molecule has 2 aromatic carbocycles. The number of carbonyl (C=O) groups is 1. The minimum absolute atomic E-state index is 0.126. The summed E-state index contributed by atoms with van der Waals surface area (Å²) in [6, 6.07) is 14.8. The zero-order valence-corrected chi connectivity index (χ0v) is 17.5. The fraction of sp³-hybridized carbons (Fsp3) is 0.208. The lowest BCUT2D eigenvalue weighted by atomic mass is 9.72. The molecule has 8 nitrogen and oxygen atoms in total. The number of imidazole rings is 1. The normalized spacial score (nSPS) is 20.0. The minimum atomic E-state index is -0.674. The molecule has 0 bridgehead atoms. The SMILES string of the molecule is C[C@]1(O)C[C@H](c2nc(-c3ccc(Oc4ccccc4)c(NC=O)c3)c3c(N)nccn32)C1. The summed E-state index contributed by atoms with van der Waals surface area (Å²) in [5, 5.41) is 12.9. The Bertz CT molecular complexity index is 1290. The largest absolute Gasteiger partial charge is 0.455 e. The van der Waals surface area contributed by atoms with Crippen LogP contribution in [0, 0.1) is 0 Å². The zero-order chi connectivity index (χ0) is 22.3. The first-order valence-electron chi connectivity index (χ1n) is 10.4. The Morgan fingerprint density at radius 3 is 2.75 bits per heavy atom. The summed E-state index contributed by atoms with van der Waals surface area (Å²) in [5.41, 5.74) is 8.20. The highest BCUT2D eigenvalue weighted by Gasteiger charge is 2.41. The molecule has 8 heteroatoms. The topological polar surface area (TPSA) is 115 Å². The van der Waals surface area contributed by atoms with Gasteiger partial charge in [-0.2, -0.15) is 0 Å². The second-order valence-electron chi connectivity index (χ2n) is 8.34. The van der Waals surface area contributed by atoms with Crippen molar-refractivity contribution in [3.63, 3.8) is 0 Å². The van der Waals surface area contributed by atoms with Crippen LogP contribution in [0.4, 0.5) is 11.5 Å². The number of hydrogen-bond donors (Lipinski definition) is 3. The van der Waals surface area contributed by atoms with Crippen molar-refractivity contribution in [1.29, 1.82) is 0 Å². The number of carbonyl (C=O) groups excluding carboxylic acids is 1. The predicted molar refractivity (Wildman–Crippen MR) is 122 cm³/mol. The van der Waals surface area contributed by atoms with Crippen LogP contribution in [-0.2, 0) is 4.79 Å². The number of anilines is 2. The lowest BCUT2D eigenvalue weighted by Gasteiger charge is -2.40. The number of para-hydroxylation sites is 1. The number of nitrogens with one attached hydrogen (secondary N) is 1. The Labute approximate surface area is 184 Å². The number of benzene rings is 2. The third-order valence-electron chi connectivity index (χ3n) is 5.79. The van der Waals surface area contributed by atoms with E-state index in [4.69, 9.17) is 15.5 Å². The van der Waals surface area contributed by atoms with Crippen molar-refractivity contribution >= 4 is 23.4 Å². The van der Waals surface area contributed by atoms with Gasteiger partial charge in [0, 0.05) is 23.9 Å². The van der Waals surface area contributed by atoms with Gasteiger partial charge >= 0.3 is 0 Å². The van der Waals surface area contributed by atoms with Crippen LogP contribution in [0.2, 0.25) is 0 Å². The van der Waals surface area contributed by atoms with Crippen LogP contribution >= 0.6 is 0 Å². The Hall–Kier alpha value is -3.91. The third-order valence-corrected chi connectivity index (χ3v) is 5.79. The summed E-state index contributed by atoms with van der Waals surface area (Å²) in [6.45, 7) is 1.83. The van der Waals surface area contributed by atoms with E-state index in [0.717, 1.165) is 11.4 Å². The van der Waals surface area contributed by atoms with E-state index in [9.17, 15) is 9.90 Å². The van der Waals surface area contributed by atoms with E-state index < -0.39 is 5.60 Å². The summed E-state index contributed by atoms with van der Waals surface area (Å²) >= 11 is 0. The van der Waals surface area contributed by atoms with E-state index in [1.165, 1.54) is 0 Å². The van der Waals surface area contributed by atoms with Crippen LogP contribution in [0.15, 0.2) is 60.9 Å². The standard InChI is InChI=1S/C24H23N5O3/c1-24(31)12-16(13-24)23-28-20(21-22(25)26-9-10-29(21)23)15-7-8-19(18(11-15)27-14-30)32-17-5-3-2-4-6-17/h2-11,14,16,31H,12-13H2,1H3,(H2,25,26)(H,27,30)/t16-,24-. The monoisotopic (exact) mass is 429 g/mol. The van der Waals surface area contributed by atoms with Gasteiger partial charge in [-0.25, -0.2) is 9.97 Å². The van der Waals surface area contributed by atoms with E-state index in [1.54, 1.807) is 12.3 Å².